The monoisotopic (exact) mass is 291 g/mol. The Bertz CT molecular complexity index is 581. The van der Waals surface area contributed by atoms with Crippen LogP contribution in [0.25, 0.3) is 0 Å². The number of carbonyl (C=O) groups excluding carboxylic acids is 1. The molecule has 0 bridgehead atoms. The number of halogens is 1. The number of benzene rings is 1. The Kier molecular flexibility index (Phi) is 5.39. The van der Waals surface area contributed by atoms with Crippen LogP contribution in [0, 0.1) is 5.82 Å². The lowest BCUT2D eigenvalue weighted by atomic mass is 10.1. The third kappa shape index (κ3) is 4.96. The van der Waals surface area contributed by atoms with Crippen molar-refractivity contribution < 1.29 is 9.18 Å². The van der Waals surface area contributed by atoms with Gasteiger partial charge in [0, 0.05) is 19.2 Å². The van der Waals surface area contributed by atoms with Gasteiger partial charge in [-0.1, -0.05) is 17.3 Å². The molecular formula is C14H18FN5O. The maximum atomic E-state index is 12.7. The van der Waals surface area contributed by atoms with Gasteiger partial charge in [-0.15, -0.1) is 5.10 Å². The molecule has 0 aliphatic heterocycles. The molecule has 0 fully saturated rings. The summed E-state index contributed by atoms with van der Waals surface area (Å²) in [7, 11) is 0. The Morgan fingerprint density at radius 1 is 1.29 bits per heavy atom. The van der Waals surface area contributed by atoms with Crippen molar-refractivity contribution in [1.29, 1.82) is 0 Å². The molecule has 2 rings (SSSR count). The highest BCUT2D eigenvalue weighted by molar-refractivity contribution is 5.75. The fraction of sp³-hybridized carbons (Fsp3) is 0.357. The zero-order valence-corrected chi connectivity index (χ0v) is 11.6. The molecular weight excluding hydrogens is 273 g/mol. The molecule has 1 aromatic carbocycles. The first-order valence-electron chi connectivity index (χ1n) is 6.77. The van der Waals surface area contributed by atoms with E-state index >= 15 is 0 Å². The molecule has 0 spiro atoms. The van der Waals surface area contributed by atoms with Gasteiger partial charge in [-0.05, 0) is 30.7 Å². The average Bonchev–Trinajstić information content (AvgIpc) is 2.89. The standard InChI is InChI=1S/C14H18FN5O/c15-12-3-1-11(2-4-12)6-8-17-14(21)10-20-9-13(5-7-16)18-19-20/h1-4,9H,5-8,10,16H2,(H,17,21). The summed E-state index contributed by atoms with van der Waals surface area (Å²) in [5.74, 6) is -0.399. The smallest absolute Gasteiger partial charge is 0.241 e. The third-order valence-corrected chi connectivity index (χ3v) is 2.94. The molecule has 0 atom stereocenters. The second-order valence-electron chi connectivity index (χ2n) is 4.67. The average molecular weight is 291 g/mol. The fourth-order valence-corrected chi connectivity index (χ4v) is 1.88. The van der Waals surface area contributed by atoms with E-state index in [9.17, 15) is 9.18 Å². The largest absolute Gasteiger partial charge is 0.354 e. The first kappa shape index (κ1) is 15.1. The molecule has 7 heteroatoms. The van der Waals surface area contributed by atoms with Crippen LogP contribution in [0.5, 0.6) is 0 Å². The molecule has 0 saturated heterocycles. The number of amides is 1. The number of hydrogen-bond donors (Lipinski definition) is 2. The molecule has 2 aromatic rings. The van der Waals surface area contributed by atoms with Crippen LogP contribution >= 0.6 is 0 Å². The number of hydrogen-bond acceptors (Lipinski definition) is 4. The summed E-state index contributed by atoms with van der Waals surface area (Å²) < 4.78 is 14.2. The fourth-order valence-electron chi connectivity index (χ4n) is 1.88. The van der Waals surface area contributed by atoms with Gasteiger partial charge in [0.2, 0.25) is 5.91 Å². The van der Waals surface area contributed by atoms with Crippen LogP contribution < -0.4 is 11.1 Å². The number of rotatable bonds is 7. The normalized spacial score (nSPS) is 10.6. The van der Waals surface area contributed by atoms with Gasteiger partial charge in [-0.25, -0.2) is 9.07 Å². The van der Waals surface area contributed by atoms with Crippen LogP contribution in [0.2, 0.25) is 0 Å². The number of aromatic nitrogens is 3. The molecule has 21 heavy (non-hydrogen) atoms. The lowest BCUT2D eigenvalue weighted by molar-refractivity contribution is -0.121. The van der Waals surface area contributed by atoms with Gasteiger partial charge >= 0.3 is 0 Å². The summed E-state index contributed by atoms with van der Waals surface area (Å²) in [5, 5.41) is 10.6. The lowest BCUT2D eigenvalue weighted by Crippen LogP contribution is -2.29. The Hall–Kier alpha value is -2.28. The van der Waals surface area contributed by atoms with E-state index < -0.39 is 0 Å². The van der Waals surface area contributed by atoms with Crippen molar-refractivity contribution in [3.8, 4) is 0 Å². The van der Waals surface area contributed by atoms with E-state index in [1.807, 2.05) is 0 Å². The minimum absolute atomic E-state index is 0.126. The summed E-state index contributed by atoms with van der Waals surface area (Å²) in [6.45, 7) is 1.12. The summed E-state index contributed by atoms with van der Waals surface area (Å²) in [6, 6.07) is 6.23. The maximum Gasteiger partial charge on any atom is 0.241 e. The van der Waals surface area contributed by atoms with Gasteiger partial charge in [-0.3, -0.25) is 4.79 Å². The van der Waals surface area contributed by atoms with Crippen molar-refractivity contribution in [3.05, 3.63) is 47.5 Å². The highest BCUT2D eigenvalue weighted by atomic mass is 19.1. The van der Waals surface area contributed by atoms with Gasteiger partial charge in [0.1, 0.15) is 12.4 Å². The van der Waals surface area contributed by atoms with Crippen LogP contribution in [-0.4, -0.2) is 34.0 Å². The van der Waals surface area contributed by atoms with Gasteiger partial charge in [0.05, 0.1) is 5.69 Å². The topological polar surface area (TPSA) is 85.8 Å². The molecule has 0 unspecified atom stereocenters. The second-order valence-corrected chi connectivity index (χ2v) is 4.67. The maximum absolute atomic E-state index is 12.7. The van der Waals surface area contributed by atoms with Crippen molar-refractivity contribution in [1.82, 2.24) is 20.3 Å². The van der Waals surface area contributed by atoms with Gasteiger partial charge in [0.15, 0.2) is 0 Å². The van der Waals surface area contributed by atoms with Gasteiger partial charge < -0.3 is 11.1 Å². The van der Waals surface area contributed by atoms with Crippen LogP contribution in [0.1, 0.15) is 11.3 Å². The van der Waals surface area contributed by atoms with Crippen molar-refractivity contribution in [2.75, 3.05) is 13.1 Å². The van der Waals surface area contributed by atoms with E-state index in [2.05, 4.69) is 15.6 Å². The number of carbonyl (C=O) groups is 1. The molecule has 0 aliphatic rings. The highest BCUT2D eigenvalue weighted by Crippen LogP contribution is 2.02. The van der Waals surface area contributed by atoms with Crippen LogP contribution in [0.15, 0.2) is 30.5 Å². The minimum Gasteiger partial charge on any atom is -0.354 e. The molecule has 6 nitrogen and oxygen atoms in total. The van der Waals surface area contributed by atoms with Crippen molar-refractivity contribution in [2.24, 2.45) is 5.73 Å². The van der Waals surface area contributed by atoms with Crippen LogP contribution in [0.3, 0.4) is 0 Å². The molecule has 0 aliphatic carbocycles. The Balaban J connectivity index is 1.72. The summed E-state index contributed by atoms with van der Waals surface area (Å²) in [4.78, 5) is 11.7. The van der Waals surface area contributed by atoms with E-state index in [-0.39, 0.29) is 18.3 Å². The summed E-state index contributed by atoms with van der Waals surface area (Å²) in [6.07, 6.45) is 3.01. The Morgan fingerprint density at radius 3 is 2.76 bits per heavy atom. The Morgan fingerprint density at radius 2 is 2.05 bits per heavy atom. The first-order chi connectivity index (χ1) is 10.2. The van der Waals surface area contributed by atoms with Crippen molar-refractivity contribution >= 4 is 5.91 Å². The second kappa shape index (κ2) is 7.49. The molecule has 1 heterocycles. The number of nitrogens with zero attached hydrogens (tertiary/aromatic N) is 3. The quantitative estimate of drug-likeness (QED) is 0.767. The molecule has 3 N–H and O–H groups in total. The van der Waals surface area contributed by atoms with Gasteiger partial charge in [0.25, 0.3) is 0 Å². The van der Waals surface area contributed by atoms with Crippen LogP contribution in [-0.2, 0) is 24.2 Å². The first-order valence-corrected chi connectivity index (χ1v) is 6.77. The van der Waals surface area contributed by atoms with E-state index in [0.717, 1.165) is 11.3 Å². The van der Waals surface area contributed by atoms with Crippen molar-refractivity contribution in [3.63, 3.8) is 0 Å². The SMILES string of the molecule is NCCc1cn(CC(=O)NCCc2ccc(F)cc2)nn1. The zero-order chi connectivity index (χ0) is 15.1. The molecule has 1 amide bonds. The summed E-state index contributed by atoms with van der Waals surface area (Å²) >= 11 is 0. The third-order valence-electron chi connectivity index (χ3n) is 2.94. The molecule has 0 saturated carbocycles. The zero-order valence-electron chi connectivity index (χ0n) is 11.6. The summed E-state index contributed by atoms with van der Waals surface area (Å²) in [5.41, 5.74) is 7.17. The molecule has 0 radical (unpaired) electrons. The van der Waals surface area contributed by atoms with E-state index in [4.69, 9.17) is 5.73 Å². The minimum atomic E-state index is -0.262. The molecule has 112 valence electrons. The highest BCUT2D eigenvalue weighted by Gasteiger charge is 2.05. The lowest BCUT2D eigenvalue weighted by Gasteiger charge is -2.05. The van der Waals surface area contributed by atoms with E-state index in [1.54, 1.807) is 18.3 Å². The van der Waals surface area contributed by atoms with Crippen molar-refractivity contribution in [2.45, 2.75) is 19.4 Å². The number of nitrogens with one attached hydrogen (secondary N) is 1. The molecule has 1 aromatic heterocycles. The Labute approximate surface area is 122 Å². The van der Waals surface area contributed by atoms with E-state index in [1.165, 1.54) is 16.8 Å². The van der Waals surface area contributed by atoms with Crippen LogP contribution in [0.4, 0.5) is 4.39 Å². The van der Waals surface area contributed by atoms with E-state index in [0.29, 0.717) is 25.9 Å². The predicted octanol–water partition coefficient (Wildman–Crippen LogP) is 0.277. The van der Waals surface area contributed by atoms with Gasteiger partial charge in [-0.2, -0.15) is 0 Å². The number of nitrogens with two attached hydrogens (primary N) is 1. The predicted molar refractivity (Wildman–Crippen MR) is 75.9 cm³/mol.